The molecule has 0 spiro atoms. The lowest BCUT2D eigenvalue weighted by Crippen LogP contribution is -2.14. The van der Waals surface area contributed by atoms with Gasteiger partial charge in [-0.1, -0.05) is 23.6 Å². The molecule has 0 radical (unpaired) electrons. The smallest absolute Gasteiger partial charge is 0.161 e. The van der Waals surface area contributed by atoms with Gasteiger partial charge in [0.05, 0.1) is 13.2 Å². The van der Waals surface area contributed by atoms with E-state index in [1.807, 2.05) is 6.07 Å². The molecule has 162 valence electrons. The van der Waals surface area contributed by atoms with Crippen LogP contribution in [0.2, 0.25) is 0 Å². The Kier molecular flexibility index (Phi) is 9.75. The Morgan fingerprint density at radius 3 is 2.55 bits per heavy atom. The molecule has 1 aliphatic rings. The molecule has 2 N–H and O–H groups in total. The van der Waals surface area contributed by atoms with E-state index >= 15 is 0 Å². The van der Waals surface area contributed by atoms with Crippen LogP contribution in [-0.2, 0) is 6.42 Å². The SMILES string of the molecule is COc1cc(CCCO)c([C@@H]2CCC[C@H]2O)cc1OC/C=C(\C)CCC=C(C)C. The highest BCUT2D eigenvalue weighted by Gasteiger charge is 2.29. The van der Waals surface area contributed by atoms with Crippen molar-refractivity contribution in [2.45, 2.75) is 77.7 Å². The van der Waals surface area contributed by atoms with E-state index in [-0.39, 0.29) is 18.6 Å². The molecule has 0 heterocycles. The summed E-state index contributed by atoms with van der Waals surface area (Å²) in [5, 5.41) is 19.7. The summed E-state index contributed by atoms with van der Waals surface area (Å²) in [5.41, 5.74) is 4.94. The van der Waals surface area contributed by atoms with E-state index in [4.69, 9.17) is 9.47 Å². The van der Waals surface area contributed by atoms with Gasteiger partial charge in [-0.2, -0.15) is 0 Å². The normalized spacial score (nSPS) is 19.3. The summed E-state index contributed by atoms with van der Waals surface area (Å²) in [7, 11) is 1.66. The number of benzene rings is 1. The fraction of sp³-hybridized carbons (Fsp3) is 0.600. The standard InChI is InChI=1S/C25H38O4/c1-18(2)8-5-9-19(3)13-15-29-25-17-22(21-11-6-12-23(21)27)20(10-7-14-26)16-24(25)28-4/h8,13,16-17,21,23,26-27H,5-7,9-12,14-15H2,1-4H3/b19-13+/t21-,23+/m0/s1. The Bertz CT molecular complexity index is 701. The van der Waals surface area contributed by atoms with Gasteiger partial charge in [0.25, 0.3) is 0 Å². The van der Waals surface area contributed by atoms with Gasteiger partial charge in [0.1, 0.15) is 6.61 Å². The maximum Gasteiger partial charge on any atom is 0.161 e. The van der Waals surface area contributed by atoms with Gasteiger partial charge >= 0.3 is 0 Å². The first-order valence-corrected chi connectivity index (χ1v) is 10.9. The van der Waals surface area contributed by atoms with Crippen LogP contribution in [0.1, 0.15) is 76.3 Å². The van der Waals surface area contributed by atoms with Gasteiger partial charge < -0.3 is 19.7 Å². The van der Waals surface area contributed by atoms with Crippen molar-refractivity contribution >= 4 is 0 Å². The van der Waals surface area contributed by atoms with Crippen molar-refractivity contribution in [1.82, 2.24) is 0 Å². The summed E-state index contributed by atoms with van der Waals surface area (Å²) in [5.74, 6) is 1.57. The van der Waals surface area contributed by atoms with Gasteiger partial charge in [-0.25, -0.2) is 0 Å². The Hall–Kier alpha value is -1.78. The van der Waals surface area contributed by atoms with Crippen LogP contribution in [0.15, 0.2) is 35.4 Å². The van der Waals surface area contributed by atoms with Crippen LogP contribution in [0.25, 0.3) is 0 Å². The van der Waals surface area contributed by atoms with E-state index in [9.17, 15) is 10.2 Å². The summed E-state index contributed by atoms with van der Waals surface area (Å²) in [6.07, 6.45) is 10.5. The van der Waals surface area contributed by atoms with Gasteiger partial charge in [0.15, 0.2) is 11.5 Å². The molecular formula is C25H38O4. The van der Waals surface area contributed by atoms with Crippen LogP contribution in [0.3, 0.4) is 0 Å². The molecule has 0 bridgehead atoms. The molecule has 0 unspecified atom stereocenters. The highest BCUT2D eigenvalue weighted by atomic mass is 16.5. The van der Waals surface area contributed by atoms with Crippen LogP contribution >= 0.6 is 0 Å². The number of methoxy groups -OCH3 is 1. The van der Waals surface area contributed by atoms with Crippen molar-refractivity contribution in [3.63, 3.8) is 0 Å². The highest BCUT2D eigenvalue weighted by Crippen LogP contribution is 2.41. The van der Waals surface area contributed by atoms with Gasteiger partial charge in [-0.05, 0) is 88.6 Å². The van der Waals surface area contributed by atoms with Crippen molar-refractivity contribution in [2.75, 3.05) is 20.3 Å². The Morgan fingerprint density at radius 1 is 1.14 bits per heavy atom. The molecule has 0 amide bonds. The Morgan fingerprint density at radius 2 is 1.93 bits per heavy atom. The number of aliphatic hydroxyl groups excluding tert-OH is 2. The molecule has 1 saturated carbocycles. The first kappa shape index (κ1) is 23.5. The van der Waals surface area contributed by atoms with Crippen LogP contribution in [-0.4, -0.2) is 36.6 Å². The lowest BCUT2D eigenvalue weighted by Gasteiger charge is -2.22. The first-order chi connectivity index (χ1) is 14.0. The molecule has 4 nitrogen and oxygen atoms in total. The molecule has 1 aromatic carbocycles. The van der Waals surface area contributed by atoms with Crippen LogP contribution in [0.5, 0.6) is 11.5 Å². The second kappa shape index (κ2) is 12.0. The minimum Gasteiger partial charge on any atom is -0.493 e. The lowest BCUT2D eigenvalue weighted by molar-refractivity contribution is 0.163. The van der Waals surface area contributed by atoms with E-state index in [2.05, 4.69) is 39.0 Å². The Labute approximate surface area is 176 Å². The first-order valence-electron chi connectivity index (χ1n) is 10.9. The molecule has 29 heavy (non-hydrogen) atoms. The molecule has 0 aromatic heterocycles. The number of hydrogen-bond acceptors (Lipinski definition) is 4. The third-order valence-corrected chi connectivity index (χ3v) is 5.67. The van der Waals surface area contributed by atoms with Gasteiger partial charge in [0.2, 0.25) is 0 Å². The van der Waals surface area contributed by atoms with Gasteiger partial charge in [-0.3, -0.25) is 0 Å². The second-order valence-corrected chi connectivity index (χ2v) is 8.32. The second-order valence-electron chi connectivity index (χ2n) is 8.32. The molecule has 4 heteroatoms. The van der Waals surface area contributed by atoms with E-state index in [1.165, 1.54) is 11.1 Å². The number of allylic oxidation sites excluding steroid dienone is 3. The summed E-state index contributed by atoms with van der Waals surface area (Å²) in [6, 6.07) is 4.08. The third kappa shape index (κ3) is 7.20. The highest BCUT2D eigenvalue weighted by molar-refractivity contribution is 5.49. The van der Waals surface area contributed by atoms with E-state index < -0.39 is 0 Å². The molecule has 1 aromatic rings. The zero-order valence-electron chi connectivity index (χ0n) is 18.5. The topological polar surface area (TPSA) is 58.9 Å². The minimum atomic E-state index is -0.304. The molecule has 0 saturated heterocycles. The van der Waals surface area contributed by atoms with Crippen molar-refractivity contribution in [2.24, 2.45) is 0 Å². The average molecular weight is 403 g/mol. The van der Waals surface area contributed by atoms with E-state index in [0.717, 1.165) is 55.4 Å². The molecule has 2 rings (SSSR count). The molecule has 0 aliphatic heterocycles. The van der Waals surface area contributed by atoms with Crippen molar-refractivity contribution in [3.05, 3.63) is 46.6 Å². The van der Waals surface area contributed by atoms with Crippen molar-refractivity contribution < 1.29 is 19.7 Å². The predicted octanol–water partition coefficient (Wildman–Crippen LogP) is 5.32. The van der Waals surface area contributed by atoms with Crippen molar-refractivity contribution in [1.29, 1.82) is 0 Å². The molecular weight excluding hydrogens is 364 g/mol. The number of rotatable bonds is 11. The van der Waals surface area contributed by atoms with Crippen LogP contribution in [0.4, 0.5) is 0 Å². The predicted molar refractivity (Wildman–Crippen MR) is 119 cm³/mol. The lowest BCUT2D eigenvalue weighted by atomic mass is 9.89. The number of ether oxygens (including phenoxy) is 2. The number of hydrogen-bond donors (Lipinski definition) is 2. The van der Waals surface area contributed by atoms with Crippen LogP contribution in [0, 0.1) is 0 Å². The average Bonchev–Trinajstić information content (AvgIpc) is 3.11. The molecule has 2 atom stereocenters. The largest absolute Gasteiger partial charge is 0.493 e. The Balaban J connectivity index is 2.16. The van der Waals surface area contributed by atoms with E-state index in [1.54, 1.807) is 7.11 Å². The maximum absolute atomic E-state index is 10.4. The van der Waals surface area contributed by atoms with Gasteiger partial charge in [-0.15, -0.1) is 0 Å². The summed E-state index contributed by atoms with van der Waals surface area (Å²) in [4.78, 5) is 0. The van der Waals surface area contributed by atoms with Crippen molar-refractivity contribution in [3.8, 4) is 11.5 Å². The van der Waals surface area contributed by atoms with E-state index in [0.29, 0.717) is 18.8 Å². The fourth-order valence-corrected chi connectivity index (χ4v) is 3.99. The maximum atomic E-state index is 10.4. The summed E-state index contributed by atoms with van der Waals surface area (Å²) < 4.78 is 11.7. The van der Waals surface area contributed by atoms with Gasteiger partial charge in [0, 0.05) is 12.5 Å². The number of aryl methyl sites for hydroxylation is 1. The minimum absolute atomic E-state index is 0.137. The summed E-state index contributed by atoms with van der Waals surface area (Å²) >= 11 is 0. The monoisotopic (exact) mass is 402 g/mol. The quantitative estimate of drug-likeness (QED) is 0.492. The zero-order valence-corrected chi connectivity index (χ0v) is 18.5. The molecule has 1 aliphatic carbocycles. The fourth-order valence-electron chi connectivity index (χ4n) is 3.99. The third-order valence-electron chi connectivity index (χ3n) is 5.67. The van der Waals surface area contributed by atoms with Crippen LogP contribution < -0.4 is 9.47 Å². The summed E-state index contributed by atoms with van der Waals surface area (Å²) in [6.45, 7) is 7.04. The molecule has 1 fully saturated rings. The zero-order chi connectivity index (χ0) is 21.2. The number of aliphatic hydroxyl groups is 2.